The van der Waals surface area contributed by atoms with Gasteiger partial charge in [-0.3, -0.25) is 4.18 Å². The van der Waals surface area contributed by atoms with Crippen molar-refractivity contribution in [3.05, 3.63) is 64.7 Å². The highest BCUT2D eigenvalue weighted by Crippen LogP contribution is 2.29. The molecule has 1 atom stereocenters. The van der Waals surface area contributed by atoms with Gasteiger partial charge < -0.3 is 0 Å². The van der Waals surface area contributed by atoms with Gasteiger partial charge in [0.05, 0.1) is 4.90 Å². The lowest BCUT2D eigenvalue weighted by Gasteiger charge is -2.18. The first-order valence-electron chi connectivity index (χ1n) is 7.24. The van der Waals surface area contributed by atoms with E-state index in [1.165, 1.54) is 0 Å². The smallest absolute Gasteiger partial charge is 0.258 e. The van der Waals surface area contributed by atoms with E-state index in [2.05, 4.69) is 15.9 Å². The predicted octanol–water partition coefficient (Wildman–Crippen LogP) is 5.27. The van der Waals surface area contributed by atoms with Crippen LogP contribution in [0.2, 0.25) is 5.02 Å². The summed E-state index contributed by atoms with van der Waals surface area (Å²) in [7, 11) is -3.81. The second kappa shape index (κ2) is 8.29. The van der Waals surface area contributed by atoms with E-state index >= 15 is 0 Å². The molecule has 0 spiro atoms. The number of hydrogen-bond donors (Lipinski definition) is 0. The van der Waals surface area contributed by atoms with Crippen molar-refractivity contribution in [2.24, 2.45) is 0 Å². The summed E-state index contributed by atoms with van der Waals surface area (Å²) in [6.07, 6.45) is 0.866. The molecule has 0 aliphatic carbocycles. The number of alkyl halides is 1. The quantitative estimate of drug-likeness (QED) is 0.455. The second-order valence-corrected chi connectivity index (χ2v) is 8.04. The van der Waals surface area contributed by atoms with Crippen LogP contribution < -0.4 is 0 Å². The van der Waals surface area contributed by atoms with Crippen molar-refractivity contribution in [2.45, 2.75) is 30.8 Å². The van der Waals surface area contributed by atoms with Gasteiger partial charge in [0.2, 0.25) is 0 Å². The molecule has 0 heterocycles. The largest absolute Gasteiger partial charge is 0.297 e. The third kappa shape index (κ3) is 5.31. The fourth-order valence-electron chi connectivity index (χ4n) is 2.12. The minimum absolute atomic E-state index is 0.168. The van der Waals surface area contributed by atoms with Gasteiger partial charge in [0.1, 0.15) is 6.10 Å². The number of benzene rings is 2. The van der Waals surface area contributed by atoms with Crippen LogP contribution in [0.3, 0.4) is 0 Å². The summed E-state index contributed by atoms with van der Waals surface area (Å²) in [6, 6.07) is 13.7. The molecule has 0 aliphatic heterocycles. The Hall–Kier alpha value is -0.880. The molecule has 0 bridgehead atoms. The van der Waals surface area contributed by atoms with Crippen molar-refractivity contribution < 1.29 is 12.6 Å². The number of hydrogen-bond acceptors (Lipinski definition) is 3. The average Bonchev–Trinajstić information content (AvgIpc) is 2.52. The lowest BCUT2D eigenvalue weighted by Crippen LogP contribution is -2.13. The van der Waals surface area contributed by atoms with Crippen molar-refractivity contribution in [3.8, 4) is 0 Å². The molecule has 0 saturated carbocycles. The third-order valence-electron chi connectivity index (χ3n) is 3.39. The summed E-state index contributed by atoms with van der Waals surface area (Å²) in [5, 5.41) is 1.39. The second-order valence-electron chi connectivity index (χ2n) is 5.23. The van der Waals surface area contributed by atoms with Gasteiger partial charge in [-0.25, -0.2) is 0 Å². The Morgan fingerprint density at radius 3 is 2.26 bits per heavy atom. The first kappa shape index (κ1) is 18.5. The summed E-state index contributed by atoms with van der Waals surface area (Å²) in [6.45, 7) is 1.91. The molecule has 0 aromatic heterocycles. The first-order valence-corrected chi connectivity index (χ1v) is 10.1. The number of halogens is 2. The SMILES string of the molecule is Cc1ccc(S(=O)(=O)OC(CCCBr)c2ccc(Cl)cc2)cc1. The molecule has 1 unspecified atom stereocenters. The molecule has 2 aromatic carbocycles. The lowest BCUT2D eigenvalue weighted by atomic mass is 10.1. The summed E-state index contributed by atoms with van der Waals surface area (Å²) in [5.41, 5.74) is 1.79. The van der Waals surface area contributed by atoms with Crippen LogP contribution in [0, 0.1) is 6.92 Å². The fourth-order valence-corrected chi connectivity index (χ4v) is 3.67. The molecule has 0 saturated heterocycles. The Balaban J connectivity index is 2.25. The van der Waals surface area contributed by atoms with Crippen molar-refractivity contribution in [3.63, 3.8) is 0 Å². The molecule has 23 heavy (non-hydrogen) atoms. The van der Waals surface area contributed by atoms with Crippen molar-refractivity contribution in [1.29, 1.82) is 0 Å². The van der Waals surface area contributed by atoms with Gasteiger partial charge in [0, 0.05) is 10.4 Å². The van der Waals surface area contributed by atoms with E-state index in [0.717, 1.165) is 22.9 Å². The molecule has 0 radical (unpaired) electrons. The zero-order valence-corrected chi connectivity index (χ0v) is 15.9. The number of aryl methyl sites for hydroxylation is 1. The summed E-state index contributed by atoms with van der Waals surface area (Å²) < 4.78 is 30.5. The van der Waals surface area contributed by atoms with E-state index in [0.29, 0.717) is 11.4 Å². The van der Waals surface area contributed by atoms with Crippen LogP contribution in [-0.2, 0) is 14.3 Å². The van der Waals surface area contributed by atoms with Gasteiger partial charge in [0.15, 0.2) is 0 Å². The minimum atomic E-state index is -3.81. The highest BCUT2D eigenvalue weighted by atomic mass is 79.9. The van der Waals surface area contributed by atoms with E-state index in [-0.39, 0.29) is 4.90 Å². The molecular weight excluding hydrogens is 400 g/mol. The normalized spacial score (nSPS) is 13.0. The molecule has 2 aromatic rings. The molecule has 0 N–H and O–H groups in total. The van der Waals surface area contributed by atoms with Crippen molar-refractivity contribution in [2.75, 3.05) is 5.33 Å². The van der Waals surface area contributed by atoms with Gasteiger partial charge >= 0.3 is 0 Å². The van der Waals surface area contributed by atoms with Gasteiger partial charge in [-0.1, -0.05) is 57.4 Å². The molecule has 6 heteroatoms. The molecule has 3 nitrogen and oxygen atoms in total. The van der Waals surface area contributed by atoms with Crippen LogP contribution in [0.4, 0.5) is 0 Å². The topological polar surface area (TPSA) is 43.4 Å². The summed E-state index contributed by atoms with van der Waals surface area (Å²) in [5.74, 6) is 0. The minimum Gasteiger partial charge on any atom is -0.258 e. The number of rotatable bonds is 7. The van der Waals surface area contributed by atoms with Crippen LogP contribution in [0.1, 0.15) is 30.1 Å². The molecule has 124 valence electrons. The Kier molecular flexibility index (Phi) is 6.65. The molecule has 0 aliphatic rings. The third-order valence-corrected chi connectivity index (χ3v) is 5.54. The highest BCUT2D eigenvalue weighted by molar-refractivity contribution is 9.09. The van der Waals surface area contributed by atoms with E-state index < -0.39 is 16.2 Å². The van der Waals surface area contributed by atoms with Crippen LogP contribution in [0.25, 0.3) is 0 Å². The molecule has 2 rings (SSSR count). The Morgan fingerprint density at radius 1 is 1.09 bits per heavy atom. The Morgan fingerprint density at radius 2 is 1.70 bits per heavy atom. The first-order chi connectivity index (χ1) is 10.9. The lowest BCUT2D eigenvalue weighted by molar-refractivity contribution is 0.202. The zero-order valence-electron chi connectivity index (χ0n) is 12.7. The highest BCUT2D eigenvalue weighted by Gasteiger charge is 2.23. The van der Waals surface area contributed by atoms with E-state index in [1.807, 2.05) is 6.92 Å². The fraction of sp³-hybridized carbons (Fsp3) is 0.294. The predicted molar refractivity (Wildman–Crippen MR) is 96.7 cm³/mol. The van der Waals surface area contributed by atoms with Gasteiger partial charge in [-0.05, 0) is 49.6 Å². The van der Waals surface area contributed by atoms with Gasteiger partial charge in [-0.15, -0.1) is 0 Å². The van der Waals surface area contributed by atoms with Gasteiger partial charge in [-0.2, -0.15) is 8.42 Å². The van der Waals surface area contributed by atoms with Crippen molar-refractivity contribution >= 4 is 37.6 Å². The molecular formula is C17H18BrClO3S. The standard InChI is InChI=1S/C17H18BrClO3S/c1-13-4-10-16(11-5-13)23(20,21)22-17(3-2-12-18)14-6-8-15(19)9-7-14/h4-11,17H,2-3,12H2,1H3. The van der Waals surface area contributed by atoms with E-state index in [9.17, 15) is 8.42 Å². The average molecular weight is 418 g/mol. The maximum atomic E-state index is 12.5. The monoisotopic (exact) mass is 416 g/mol. The van der Waals surface area contributed by atoms with Crippen LogP contribution in [-0.4, -0.2) is 13.7 Å². The van der Waals surface area contributed by atoms with Crippen LogP contribution in [0.5, 0.6) is 0 Å². The van der Waals surface area contributed by atoms with Crippen LogP contribution in [0.15, 0.2) is 53.4 Å². The molecule has 0 amide bonds. The van der Waals surface area contributed by atoms with Crippen molar-refractivity contribution in [1.82, 2.24) is 0 Å². The Labute approximate surface area is 150 Å². The maximum absolute atomic E-state index is 12.5. The summed E-state index contributed by atoms with van der Waals surface area (Å²) >= 11 is 9.27. The maximum Gasteiger partial charge on any atom is 0.297 e. The molecule has 0 fully saturated rings. The van der Waals surface area contributed by atoms with Gasteiger partial charge in [0.25, 0.3) is 10.1 Å². The van der Waals surface area contributed by atoms with Crippen LogP contribution >= 0.6 is 27.5 Å². The summed E-state index contributed by atoms with van der Waals surface area (Å²) in [4.78, 5) is 0.168. The van der Waals surface area contributed by atoms with E-state index in [4.69, 9.17) is 15.8 Å². The zero-order chi connectivity index (χ0) is 16.9. The van der Waals surface area contributed by atoms with E-state index in [1.54, 1.807) is 48.5 Å². The Bertz CT molecular complexity index is 727.